The molecule has 3 rings (SSSR count). The molecule has 1 amide bonds. The second kappa shape index (κ2) is 8.02. The van der Waals surface area contributed by atoms with E-state index in [1.165, 1.54) is 4.90 Å². The van der Waals surface area contributed by atoms with Crippen LogP contribution in [0.4, 0.5) is 0 Å². The summed E-state index contributed by atoms with van der Waals surface area (Å²) in [4.78, 5) is 15.7. The summed E-state index contributed by atoms with van der Waals surface area (Å²) in [6.45, 7) is 2.75. The summed E-state index contributed by atoms with van der Waals surface area (Å²) in [5.74, 6) is 2.07. The molecule has 2 heterocycles. The van der Waals surface area contributed by atoms with Gasteiger partial charge in [-0.1, -0.05) is 18.2 Å². The van der Waals surface area contributed by atoms with Gasteiger partial charge >= 0.3 is 0 Å². The summed E-state index contributed by atoms with van der Waals surface area (Å²) < 4.78 is 5.60. The van der Waals surface area contributed by atoms with E-state index in [0.717, 1.165) is 51.1 Å². The highest BCUT2D eigenvalue weighted by atomic mass is 32.2. The monoisotopic (exact) mass is 319 g/mol. The molecule has 1 aromatic rings. The van der Waals surface area contributed by atoms with Crippen LogP contribution in [0.1, 0.15) is 32.1 Å². The van der Waals surface area contributed by atoms with Crippen molar-refractivity contribution < 1.29 is 9.53 Å². The molecule has 0 saturated carbocycles. The number of hydrogen-bond donors (Lipinski definition) is 0. The normalized spacial score (nSPS) is 24.8. The fraction of sp³-hybridized carbons (Fsp3) is 0.611. The SMILES string of the molecule is O=C(CCC1CCCO1)N1CCC(CSc2ccccc2)C1. The van der Waals surface area contributed by atoms with Crippen molar-refractivity contribution in [2.24, 2.45) is 5.92 Å². The van der Waals surface area contributed by atoms with Gasteiger partial charge < -0.3 is 9.64 Å². The Morgan fingerprint density at radius 2 is 2.14 bits per heavy atom. The summed E-state index contributed by atoms with van der Waals surface area (Å²) in [5.41, 5.74) is 0. The number of hydrogen-bond acceptors (Lipinski definition) is 3. The van der Waals surface area contributed by atoms with Crippen molar-refractivity contribution in [3.63, 3.8) is 0 Å². The first-order chi connectivity index (χ1) is 10.8. The van der Waals surface area contributed by atoms with Crippen molar-refractivity contribution in [2.75, 3.05) is 25.4 Å². The smallest absolute Gasteiger partial charge is 0.222 e. The maximum Gasteiger partial charge on any atom is 0.222 e. The summed E-state index contributed by atoms with van der Waals surface area (Å²) in [7, 11) is 0. The van der Waals surface area contributed by atoms with Gasteiger partial charge in [-0.3, -0.25) is 4.79 Å². The highest BCUT2D eigenvalue weighted by Crippen LogP contribution is 2.26. The second-order valence-corrected chi connectivity index (χ2v) is 7.39. The molecule has 2 aliphatic rings. The molecule has 4 heteroatoms. The lowest BCUT2D eigenvalue weighted by atomic mass is 10.1. The molecule has 2 fully saturated rings. The van der Waals surface area contributed by atoms with Crippen LogP contribution in [0.5, 0.6) is 0 Å². The maximum absolute atomic E-state index is 12.3. The van der Waals surface area contributed by atoms with E-state index >= 15 is 0 Å². The minimum atomic E-state index is 0.322. The Balaban J connectivity index is 1.37. The van der Waals surface area contributed by atoms with Crippen molar-refractivity contribution in [2.45, 2.75) is 43.1 Å². The van der Waals surface area contributed by atoms with Gasteiger partial charge in [-0.2, -0.15) is 0 Å². The Kier molecular flexibility index (Phi) is 5.79. The third-order valence-electron chi connectivity index (χ3n) is 4.57. The van der Waals surface area contributed by atoms with Gasteiger partial charge in [0.25, 0.3) is 0 Å². The van der Waals surface area contributed by atoms with Crippen LogP contribution in [0.15, 0.2) is 35.2 Å². The molecule has 3 nitrogen and oxygen atoms in total. The predicted molar refractivity (Wildman–Crippen MR) is 90.1 cm³/mol. The van der Waals surface area contributed by atoms with Gasteiger partial charge in [-0.05, 0) is 43.7 Å². The van der Waals surface area contributed by atoms with Crippen molar-refractivity contribution in [1.82, 2.24) is 4.90 Å². The lowest BCUT2D eigenvalue weighted by molar-refractivity contribution is -0.130. The highest BCUT2D eigenvalue weighted by Gasteiger charge is 2.27. The van der Waals surface area contributed by atoms with Gasteiger partial charge in [0.2, 0.25) is 5.91 Å². The minimum absolute atomic E-state index is 0.322. The third-order valence-corrected chi connectivity index (χ3v) is 5.82. The van der Waals surface area contributed by atoms with Crippen LogP contribution in [-0.2, 0) is 9.53 Å². The number of benzene rings is 1. The Morgan fingerprint density at radius 3 is 2.91 bits per heavy atom. The number of likely N-dealkylation sites (tertiary alicyclic amines) is 1. The average molecular weight is 319 g/mol. The van der Waals surface area contributed by atoms with E-state index in [-0.39, 0.29) is 0 Å². The average Bonchev–Trinajstić information content (AvgIpc) is 3.23. The Labute approximate surface area is 137 Å². The predicted octanol–water partition coefficient (Wildman–Crippen LogP) is 3.59. The van der Waals surface area contributed by atoms with E-state index in [0.29, 0.717) is 24.3 Å². The molecule has 120 valence electrons. The van der Waals surface area contributed by atoms with Crippen LogP contribution in [0.25, 0.3) is 0 Å². The molecule has 0 spiro atoms. The zero-order chi connectivity index (χ0) is 15.2. The Bertz CT molecular complexity index is 473. The number of rotatable bonds is 6. The molecule has 2 unspecified atom stereocenters. The zero-order valence-corrected chi connectivity index (χ0v) is 13.9. The van der Waals surface area contributed by atoms with E-state index in [2.05, 4.69) is 29.2 Å². The number of carbonyl (C=O) groups excluding carboxylic acids is 1. The van der Waals surface area contributed by atoms with Gasteiger partial charge in [0.1, 0.15) is 0 Å². The van der Waals surface area contributed by atoms with E-state index in [9.17, 15) is 4.79 Å². The van der Waals surface area contributed by atoms with Crippen LogP contribution in [0, 0.1) is 5.92 Å². The first-order valence-electron chi connectivity index (χ1n) is 8.38. The fourth-order valence-electron chi connectivity index (χ4n) is 3.24. The molecule has 2 aliphatic heterocycles. The van der Waals surface area contributed by atoms with Crippen LogP contribution >= 0.6 is 11.8 Å². The number of thioether (sulfide) groups is 1. The summed E-state index contributed by atoms with van der Waals surface area (Å²) >= 11 is 1.91. The van der Waals surface area contributed by atoms with E-state index < -0.39 is 0 Å². The Morgan fingerprint density at radius 1 is 1.27 bits per heavy atom. The first kappa shape index (κ1) is 15.9. The first-order valence-corrected chi connectivity index (χ1v) is 9.37. The largest absolute Gasteiger partial charge is 0.378 e. The van der Waals surface area contributed by atoms with Crippen molar-refractivity contribution >= 4 is 17.7 Å². The molecular weight excluding hydrogens is 294 g/mol. The third kappa shape index (κ3) is 4.50. The molecule has 0 aliphatic carbocycles. The van der Waals surface area contributed by atoms with E-state index in [4.69, 9.17) is 4.74 Å². The lowest BCUT2D eigenvalue weighted by Gasteiger charge is -2.17. The molecule has 0 N–H and O–H groups in total. The molecule has 0 radical (unpaired) electrons. The fourth-order valence-corrected chi connectivity index (χ4v) is 4.29. The number of ether oxygens (including phenoxy) is 1. The number of nitrogens with zero attached hydrogens (tertiary/aromatic N) is 1. The lowest BCUT2D eigenvalue weighted by Crippen LogP contribution is -2.29. The maximum atomic E-state index is 12.3. The van der Waals surface area contributed by atoms with Crippen LogP contribution in [0.3, 0.4) is 0 Å². The van der Waals surface area contributed by atoms with E-state index in [1.54, 1.807) is 0 Å². The van der Waals surface area contributed by atoms with Crippen molar-refractivity contribution in [3.8, 4) is 0 Å². The zero-order valence-electron chi connectivity index (χ0n) is 13.1. The molecular formula is C18H25NO2S. The van der Waals surface area contributed by atoms with E-state index in [1.807, 2.05) is 17.8 Å². The molecule has 2 atom stereocenters. The molecule has 22 heavy (non-hydrogen) atoms. The standard InChI is InChI=1S/C18H25NO2S/c20-18(9-8-16-5-4-12-21-16)19-11-10-15(13-19)14-22-17-6-2-1-3-7-17/h1-3,6-7,15-16H,4-5,8-14H2. The summed E-state index contributed by atoms with van der Waals surface area (Å²) in [5, 5.41) is 0. The van der Waals surface area contributed by atoms with Gasteiger partial charge in [0.05, 0.1) is 6.10 Å². The van der Waals surface area contributed by atoms with Crippen LogP contribution in [0.2, 0.25) is 0 Å². The number of carbonyl (C=O) groups is 1. The molecule has 0 aromatic heterocycles. The number of amides is 1. The quantitative estimate of drug-likeness (QED) is 0.751. The van der Waals surface area contributed by atoms with Crippen LogP contribution < -0.4 is 0 Å². The van der Waals surface area contributed by atoms with Gasteiger partial charge in [0, 0.05) is 36.8 Å². The van der Waals surface area contributed by atoms with Gasteiger partial charge in [0.15, 0.2) is 0 Å². The second-order valence-electron chi connectivity index (χ2n) is 6.29. The van der Waals surface area contributed by atoms with Crippen LogP contribution in [-0.4, -0.2) is 42.4 Å². The van der Waals surface area contributed by atoms with Crippen molar-refractivity contribution in [1.29, 1.82) is 0 Å². The summed E-state index contributed by atoms with van der Waals surface area (Å²) in [6.07, 6.45) is 5.31. The van der Waals surface area contributed by atoms with Crippen molar-refractivity contribution in [3.05, 3.63) is 30.3 Å². The summed E-state index contributed by atoms with van der Waals surface area (Å²) in [6, 6.07) is 10.5. The molecule has 2 saturated heterocycles. The Hall–Kier alpha value is -1.00. The highest BCUT2D eigenvalue weighted by molar-refractivity contribution is 7.99. The van der Waals surface area contributed by atoms with Gasteiger partial charge in [-0.25, -0.2) is 0 Å². The van der Waals surface area contributed by atoms with Gasteiger partial charge in [-0.15, -0.1) is 11.8 Å². The molecule has 0 bridgehead atoms. The molecule has 1 aromatic carbocycles. The topological polar surface area (TPSA) is 29.5 Å². The minimum Gasteiger partial charge on any atom is -0.378 e.